The molecule has 20 heavy (non-hydrogen) atoms. The van der Waals surface area contributed by atoms with Crippen molar-refractivity contribution in [2.75, 3.05) is 6.54 Å². The number of nitrogens with zero attached hydrogens (tertiary/aromatic N) is 1. The van der Waals surface area contributed by atoms with E-state index >= 15 is 0 Å². The summed E-state index contributed by atoms with van der Waals surface area (Å²) in [6, 6.07) is 10.1. The number of hydrogen-bond acceptors (Lipinski definition) is 3. The van der Waals surface area contributed by atoms with Gasteiger partial charge in [-0.3, -0.25) is 4.79 Å². The molecule has 1 aromatic heterocycles. The molecule has 0 fully saturated rings. The van der Waals surface area contributed by atoms with Gasteiger partial charge in [0.25, 0.3) is 5.91 Å². The molecule has 2 rings (SSSR count). The summed E-state index contributed by atoms with van der Waals surface area (Å²) >= 11 is 0. The standard InChI is InChI=1S/C16H20N2O2/c1-11(2)14-15(20-12(3)18-14)16(19)17-10-9-13-7-5-4-6-8-13/h4-8,11H,9-10H2,1-3H3,(H,17,19). The van der Waals surface area contributed by atoms with E-state index in [4.69, 9.17) is 4.42 Å². The van der Waals surface area contributed by atoms with E-state index < -0.39 is 0 Å². The van der Waals surface area contributed by atoms with E-state index in [2.05, 4.69) is 10.3 Å². The molecule has 0 saturated carbocycles. The molecule has 1 amide bonds. The van der Waals surface area contributed by atoms with Gasteiger partial charge in [0.1, 0.15) is 0 Å². The molecule has 0 aliphatic rings. The Kier molecular flexibility index (Phi) is 4.56. The van der Waals surface area contributed by atoms with Gasteiger partial charge in [-0.25, -0.2) is 4.98 Å². The van der Waals surface area contributed by atoms with Gasteiger partial charge in [-0.2, -0.15) is 0 Å². The summed E-state index contributed by atoms with van der Waals surface area (Å²) in [5.41, 5.74) is 1.92. The van der Waals surface area contributed by atoms with Crippen molar-refractivity contribution >= 4 is 5.91 Å². The summed E-state index contributed by atoms with van der Waals surface area (Å²) in [5.74, 6) is 0.847. The number of carbonyl (C=O) groups excluding carboxylic acids is 1. The third kappa shape index (κ3) is 3.47. The molecule has 0 saturated heterocycles. The van der Waals surface area contributed by atoms with Crippen LogP contribution >= 0.6 is 0 Å². The van der Waals surface area contributed by atoms with Crippen molar-refractivity contribution < 1.29 is 9.21 Å². The van der Waals surface area contributed by atoms with Crippen molar-refractivity contribution in [3.8, 4) is 0 Å². The minimum Gasteiger partial charge on any atom is -0.436 e. The van der Waals surface area contributed by atoms with Crippen molar-refractivity contribution in [1.29, 1.82) is 0 Å². The highest BCUT2D eigenvalue weighted by molar-refractivity contribution is 5.92. The predicted octanol–water partition coefficient (Wildman–Crippen LogP) is 3.08. The first kappa shape index (κ1) is 14.3. The van der Waals surface area contributed by atoms with Crippen LogP contribution in [0.4, 0.5) is 0 Å². The second-order valence-corrected chi connectivity index (χ2v) is 5.09. The molecule has 0 atom stereocenters. The Morgan fingerprint density at radius 2 is 2.00 bits per heavy atom. The average molecular weight is 272 g/mol. The van der Waals surface area contributed by atoms with E-state index in [1.165, 1.54) is 5.56 Å². The molecule has 0 radical (unpaired) electrons. The van der Waals surface area contributed by atoms with Gasteiger partial charge in [0, 0.05) is 13.5 Å². The monoisotopic (exact) mass is 272 g/mol. The molecule has 0 spiro atoms. The molecular weight excluding hydrogens is 252 g/mol. The van der Waals surface area contributed by atoms with E-state index in [9.17, 15) is 4.79 Å². The number of oxazole rings is 1. The van der Waals surface area contributed by atoms with Crippen LogP contribution in [0.25, 0.3) is 0 Å². The molecule has 0 unspecified atom stereocenters. The summed E-state index contributed by atoms with van der Waals surface area (Å²) in [4.78, 5) is 16.4. The summed E-state index contributed by atoms with van der Waals surface area (Å²) in [5, 5.41) is 2.88. The highest BCUT2D eigenvalue weighted by Gasteiger charge is 2.20. The fourth-order valence-corrected chi connectivity index (χ4v) is 2.04. The Morgan fingerprint density at radius 1 is 1.30 bits per heavy atom. The lowest BCUT2D eigenvalue weighted by Crippen LogP contribution is -2.26. The van der Waals surface area contributed by atoms with Gasteiger partial charge in [-0.05, 0) is 17.9 Å². The summed E-state index contributed by atoms with van der Waals surface area (Å²) < 4.78 is 5.42. The zero-order valence-corrected chi connectivity index (χ0v) is 12.1. The number of carbonyl (C=O) groups is 1. The second kappa shape index (κ2) is 6.37. The zero-order valence-electron chi connectivity index (χ0n) is 12.1. The third-order valence-electron chi connectivity index (χ3n) is 3.06. The first-order valence-corrected chi connectivity index (χ1v) is 6.87. The maximum atomic E-state index is 12.1. The topological polar surface area (TPSA) is 55.1 Å². The highest BCUT2D eigenvalue weighted by atomic mass is 16.4. The lowest BCUT2D eigenvalue weighted by Gasteiger charge is -2.06. The number of aryl methyl sites for hydroxylation is 1. The Balaban J connectivity index is 1.95. The van der Waals surface area contributed by atoms with Gasteiger partial charge in [0.15, 0.2) is 5.89 Å². The molecule has 106 valence electrons. The smallest absolute Gasteiger partial charge is 0.289 e. The number of amides is 1. The first-order chi connectivity index (χ1) is 9.58. The minimum atomic E-state index is -0.190. The normalized spacial score (nSPS) is 10.8. The molecular formula is C16H20N2O2. The Labute approximate surface area is 119 Å². The largest absolute Gasteiger partial charge is 0.436 e. The molecule has 1 N–H and O–H groups in total. The number of nitrogens with one attached hydrogen (secondary N) is 1. The van der Waals surface area contributed by atoms with Gasteiger partial charge < -0.3 is 9.73 Å². The SMILES string of the molecule is Cc1nc(C(C)C)c(C(=O)NCCc2ccccc2)o1. The number of rotatable bonds is 5. The Morgan fingerprint density at radius 3 is 2.65 bits per heavy atom. The van der Waals surface area contributed by atoms with Crippen molar-refractivity contribution in [2.45, 2.75) is 33.1 Å². The van der Waals surface area contributed by atoms with E-state index in [0.29, 0.717) is 18.2 Å². The highest BCUT2D eigenvalue weighted by Crippen LogP contribution is 2.19. The van der Waals surface area contributed by atoms with Crippen LogP contribution in [0.3, 0.4) is 0 Å². The number of aromatic nitrogens is 1. The Hall–Kier alpha value is -2.10. The molecule has 1 heterocycles. The fraction of sp³-hybridized carbons (Fsp3) is 0.375. The van der Waals surface area contributed by atoms with Crippen LogP contribution in [0, 0.1) is 6.92 Å². The van der Waals surface area contributed by atoms with Crippen molar-refractivity contribution in [3.05, 3.63) is 53.2 Å². The quantitative estimate of drug-likeness (QED) is 0.910. The van der Waals surface area contributed by atoms with Crippen LogP contribution in [-0.2, 0) is 6.42 Å². The summed E-state index contributed by atoms with van der Waals surface area (Å²) in [7, 11) is 0. The second-order valence-electron chi connectivity index (χ2n) is 5.09. The maximum Gasteiger partial charge on any atom is 0.289 e. The van der Waals surface area contributed by atoms with Gasteiger partial charge in [0.2, 0.25) is 5.76 Å². The van der Waals surface area contributed by atoms with Crippen LogP contribution in [-0.4, -0.2) is 17.4 Å². The molecule has 4 nitrogen and oxygen atoms in total. The zero-order chi connectivity index (χ0) is 14.5. The van der Waals surface area contributed by atoms with Crippen molar-refractivity contribution in [1.82, 2.24) is 10.3 Å². The molecule has 2 aromatic rings. The lowest BCUT2D eigenvalue weighted by atomic mass is 10.1. The van der Waals surface area contributed by atoms with Crippen molar-refractivity contribution in [2.24, 2.45) is 0 Å². The minimum absolute atomic E-state index is 0.169. The molecule has 0 bridgehead atoms. The number of benzene rings is 1. The first-order valence-electron chi connectivity index (χ1n) is 6.87. The molecule has 0 aliphatic heterocycles. The van der Waals surface area contributed by atoms with E-state index in [1.807, 2.05) is 44.2 Å². The van der Waals surface area contributed by atoms with Crippen LogP contribution < -0.4 is 5.32 Å². The van der Waals surface area contributed by atoms with Crippen LogP contribution in [0.5, 0.6) is 0 Å². The van der Waals surface area contributed by atoms with Crippen LogP contribution in [0.1, 0.15) is 47.5 Å². The number of hydrogen-bond donors (Lipinski definition) is 1. The van der Waals surface area contributed by atoms with Gasteiger partial charge in [-0.1, -0.05) is 44.2 Å². The fourth-order valence-electron chi connectivity index (χ4n) is 2.04. The third-order valence-corrected chi connectivity index (χ3v) is 3.06. The maximum absolute atomic E-state index is 12.1. The van der Waals surface area contributed by atoms with Gasteiger partial charge >= 0.3 is 0 Å². The van der Waals surface area contributed by atoms with Crippen LogP contribution in [0.2, 0.25) is 0 Å². The molecule has 4 heteroatoms. The predicted molar refractivity (Wildman–Crippen MR) is 77.8 cm³/mol. The van der Waals surface area contributed by atoms with E-state index in [0.717, 1.165) is 12.1 Å². The van der Waals surface area contributed by atoms with E-state index in [-0.39, 0.29) is 11.8 Å². The molecule has 0 aliphatic carbocycles. The average Bonchev–Trinajstić information content (AvgIpc) is 2.82. The van der Waals surface area contributed by atoms with Gasteiger partial charge in [0.05, 0.1) is 5.69 Å². The van der Waals surface area contributed by atoms with E-state index in [1.54, 1.807) is 6.92 Å². The van der Waals surface area contributed by atoms with Crippen molar-refractivity contribution in [3.63, 3.8) is 0 Å². The van der Waals surface area contributed by atoms with Crippen LogP contribution in [0.15, 0.2) is 34.7 Å². The Bertz CT molecular complexity index is 573. The van der Waals surface area contributed by atoms with Gasteiger partial charge in [-0.15, -0.1) is 0 Å². The summed E-state index contributed by atoms with van der Waals surface area (Å²) in [6.07, 6.45) is 0.802. The summed E-state index contributed by atoms with van der Waals surface area (Å²) in [6.45, 7) is 6.34. The lowest BCUT2D eigenvalue weighted by molar-refractivity contribution is 0.0923. The molecule has 1 aromatic carbocycles.